The number of anilines is 1. The minimum atomic E-state index is -0.679. The molecule has 8 heteroatoms. The van der Waals surface area contributed by atoms with E-state index in [-0.39, 0.29) is 23.0 Å². The third-order valence-corrected chi connectivity index (χ3v) is 6.54. The molecule has 166 valence electrons. The zero-order valence-electron chi connectivity index (χ0n) is 18.3. The van der Waals surface area contributed by atoms with Crippen molar-refractivity contribution in [1.82, 2.24) is 14.5 Å². The molecule has 1 saturated heterocycles. The number of carbonyl (C=O) groups is 1. The number of carbonyl (C=O) groups excluding carboxylic acids is 1. The summed E-state index contributed by atoms with van der Waals surface area (Å²) >= 11 is 0. The summed E-state index contributed by atoms with van der Waals surface area (Å²) in [5.74, 6) is 1.79. The Morgan fingerprint density at radius 1 is 1.19 bits per heavy atom. The van der Waals surface area contributed by atoms with Crippen LogP contribution in [0.25, 0.3) is 5.69 Å². The monoisotopic (exact) mass is 425 g/mol. The zero-order chi connectivity index (χ0) is 22.3. The van der Waals surface area contributed by atoms with Gasteiger partial charge in [-0.3, -0.25) is 4.57 Å². The van der Waals surface area contributed by atoms with Crippen molar-refractivity contribution in [1.29, 1.82) is 0 Å². The van der Waals surface area contributed by atoms with E-state index in [4.69, 9.17) is 16.2 Å². The van der Waals surface area contributed by atoms with E-state index in [0.29, 0.717) is 17.8 Å². The summed E-state index contributed by atoms with van der Waals surface area (Å²) in [5.41, 5.74) is 12.4. The van der Waals surface area contributed by atoms with E-state index in [1.54, 1.807) is 12.3 Å². The van der Waals surface area contributed by atoms with Gasteiger partial charge in [0.25, 0.3) is 0 Å². The van der Waals surface area contributed by atoms with Crippen LogP contribution in [0.4, 0.5) is 10.6 Å². The molecule has 0 spiro atoms. The van der Waals surface area contributed by atoms with Gasteiger partial charge < -0.3 is 21.1 Å². The number of nitrogens with two attached hydrogens (primary N) is 2. The molecule has 1 amide bonds. The van der Waals surface area contributed by atoms with Crippen molar-refractivity contribution in [3.8, 4) is 5.69 Å². The first-order valence-electron chi connectivity index (χ1n) is 10.8. The van der Waals surface area contributed by atoms with Gasteiger partial charge in [-0.25, -0.2) is 9.59 Å². The van der Waals surface area contributed by atoms with Gasteiger partial charge in [0.2, 0.25) is 0 Å². The van der Waals surface area contributed by atoms with Gasteiger partial charge in [0.1, 0.15) is 11.9 Å². The number of benzene rings is 1. The van der Waals surface area contributed by atoms with E-state index in [0.717, 1.165) is 31.7 Å². The standard InChI is InChI=1S/C23H31N5O3/c1-23(2,3)20(31-21(25)29)19-16-12-27(13-17(16)19)10-8-14-4-6-15(7-5-14)28-11-9-18(24)26-22(28)30/h4-7,9,11,16-17,19-20H,8,10,12-13H2,1-3H3,(H2,25,29)(H2,24,26,30). The number of nitrogen functional groups attached to an aromatic ring is 1. The molecular weight excluding hydrogens is 394 g/mol. The number of amides is 1. The Hall–Kier alpha value is -2.87. The van der Waals surface area contributed by atoms with Crippen LogP contribution in [0.1, 0.15) is 26.3 Å². The second kappa shape index (κ2) is 8.00. The van der Waals surface area contributed by atoms with E-state index in [1.165, 1.54) is 10.1 Å². The van der Waals surface area contributed by atoms with Crippen molar-refractivity contribution in [2.75, 3.05) is 25.4 Å². The lowest BCUT2D eigenvalue weighted by atomic mass is 9.84. The van der Waals surface area contributed by atoms with Gasteiger partial charge in [0.05, 0.1) is 5.69 Å². The highest BCUT2D eigenvalue weighted by molar-refractivity contribution is 5.65. The smallest absolute Gasteiger partial charge is 0.404 e. The van der Waals surface area contributed by atoms with Crippen molar-refractivity contribution < 1.29 is 9.53 Å². The Balaban J connectivity index is 1.30. The van der Waals surface area contributed by atoms with Crippen LogP contribution in [-0.4, -0.2) is 46.3 Å². The first kappa shape index (κ1) is 21.4. The van der Waals surface area contributed by atoms with Gasteiger partial charge >= 0.3 is 11.8 Å². The predicted octanol–water partition coefficient (Wildman–Crippen LogP) is 2.04. The van der Waals surface area contributed by atoms with Crippen molar-refractivity contribution in [2.24, 2.45) is 28.9 Å². The van der Waals surface area contributed by atoms with Crippen molar-refractivity contribution in [3.05, 3.63) is 52.6 Å². The Morgan fingerprint density at radius 2 is 1.84 bits per heavy atom. The molecule has 31 heavy (non-hydrogen) atoms. The molecule has 3 unspecified atom stereocenters. The third kappa shape index (κ3) is 4.58. The molecule has 0 radical (unpaired) electrons. The first-order chi connectivity index (χ1) is 14.6. The third-order valence-electron chi connectivity index (χ3n) is 6.54. The van der Waals surface area contributed by atoms with E-state index in [9.17, 15) is 9.59 Å². The molecule has 4 rings (SSSR count). The summed E-state index contributed by atoms with van der Waals surface area (Å²) in [6, 6.07) is 9.57. The molecule has 2 aromatic rings. The molecule has 0 bridgehead atoms. The fourth-order valence-corrected chi connectivity index (χ4v) is 4.97. The summed E-state index contributed by atoms with van der Waals surface area (Å²) in [6.07, 6.45) is 1.78. The quantitative estimate of drug-likeness (QED) is 0.732. The second-order valence-corrected chi connectivity index (χ2v) is 9.81. The van der Waals surface area contributed by atoms with Gasteiger partial charge in [-0.15, -0.1) is 0 Å². The summed E-state index contributed by atoms with van der Waals surface area (Å²) in [5, 5.41) is 0. The molecule has 2 fully saturated rings. The summed E-state index contributed by atoms with van der Waals surface area (Å²) < 4.78 is 6.97. The molecular formula is C23H31N5O3. The SMILES string of the molecule is CC(C)(C)C(OC(N)=O)C1C2CN(CCc3ccc(-n4ccc(N)nc4=O)cc3)CC21. The van der Waals surface area contributed by atoms with Crippen LogP contribution >= 0.6 is 0 Å². The van der Waals surface area contributed by atoms with Crippen molar-refractivity contribution >= 4 is 11.9 Å². The normalized spacial score (nSPS) is 23.9. The Kier molecular flexibility index (Phi) is 5.51. The molecule has 2 aliphatic rings. The van der Waals surface area contributed by atoms with E-state index < -0.39 is 6.09 Å². The lowest BCUT2D eigenvalue weighted by Gasteiger charge is -2.32. The fraction of sp³-hybridized carbons (Fsp3) is 0.522. The number of nitrogens with zero attached hydrogens (tertiary/aromatic N) is 3. The fourth-order valence-electron chi connectivity index (χ4n) is 4.97. The largest absolute Gasteiger partial charge is 0.446 e. The zero-order valence-corrected chi connectivity index (χ0v) is 18.3. The summed E-state index contributed by atoms with van der Waals surface area (Å²) in [6.45, 7) is 9.36. The highest BCUT2D eigenvalue weighted by Gasteiger charge is 2.61. The number of ether oxygens (including phenoxy) is 1. The number of likely N-dealkylation sites (tertiary alicyclic amines) is 1. The second-order valence-electron chi connectivity index (χ2n) is 9.81. The molecule has 1 aliphatic carbocycles. The molecule has 2 heterocycles. The van der Waals surface area contributed by atoms with Crippen LogP contribution in [0.2, 0.25) is 0 Å². The molecule has 3 atom stereocenters. The molecule has 4 N–H and O–H groups in total. The number of aromatic nitrogens is 2. The average Bonchev–Trinajstić information content (AvgIpc) is 3.16. The highest BCUT2D eigenvalue weighted by Crippen LogP contribution is 2.57. The lowest BCUT2D eigenvalue weighted by molar-refractivity contribution is 0.0104. The highest BCUT2D eigenvalue weighted by atomic mass is 16.6. The Labute approximate surface area is 182 Å². The topological polar surface area (TPSA) is 116 Å². The van der Waals surface area contributed by atoms with Gasteiger partial charge in [-0.1, -0.05) is 32.9 Å². The van der Waals surface area contributed by atoms with E-state index in [1.807, 2.05) is 24.3 Å². The van der Waals surface area contributed by atoms with Gasteiger partial charge in [0.15, 0.2) is 0 Å². The first-order valence-corrected chi connectivity index (χ1v) is 10.8. The predicted molar refractivity (Wildman–Crippen MR) is 119 cm³/mol. The lowest BCUT2D eigenvalue weighted by Crippen LogP contribution is -2.39. The Bertz CT molecular complexity index is 999. The maximum absolute atomic E-state index is 12.0. The average molecular weight is 426 g/mol. The van der Waals surface area contributed by atoms with Gasteiger partial charge in [0, 0.05) is 31.7 Å². The maximum Gasteiger partial charge on any atom is 0.404 e. The van der Waals surface area contributed by atoms with Crippen LogP contribution < -0.4 is 17.2 Å². The van der Waals surface area contributed by atoms with Crippen molar-refractivity contribution in [3.63, 3.8) is 0 Å². The number of piperidine rings is 1. The minimum absolute atomic E-state index is 0.113. The number of rotatable bonds is 6. The van der Waals surface area contributed by atoms with Crippen LogP contribution in [-0.2, 0) is 11.2 Å². The molecule has 1 aromatic carbocycles. The van der Waals surface area contributed by atoms with E-state index >= 15 is 0 Å². The number of primary amides is 1. The number of fused-ring (bicyclic) bond motifs is 1. The summed E-state index contributed by atoms with van der Waals surface area (Å²) in [7, 11) is 0. The number of hydrogen-bond acceptors (Lipinski definition) is 6. The van der Waals surface area contributed by atoms with Crippen molar-refractivity contribution in [2.45, 2.75) is 33.3 Å². The number of hydrogen-bond donors (Lipinski definition) is 2. The molecule has 1 aliphatic heterocycles. The van der Waals surface area contributed by atoms with Crippen LogP contribution in [0.3, 0.4) is 0 Å². The van der Waals surface area contributed by atoms with Crippen LogP contribution in [0.15, 0.2) is 41.3 Å². The Morgan fingerprint density at radius 3 is 2.39 bits per heavy atom. The van der Waals surface area contributed by atoms with Gasteiger partial charge in [-0.05, 0) is 47.4 Å². The van der Waals surface area contributed by atoms with E-state index in [2.05, 4.69) is 30.7 Å². The maximum atomic E-state index is 12.0. The minimum Gasteiger partial charge on any atom is -0.446 e. The summed E-state index contributed by atoms with van der Waals surface area (Å²) in [4.78, 5) is 29.6. The van der Waals surface area contributed by atoms with Crippen LogP contribution in [0.5, 0.6) is 0 Å². The molecule has 1 aromatic heterocycles. The molecule has 1 saturated carbocycles. The van der Waals surface area contributed by atoms with Gasteiger partial charge in [-0.2, -0.15) is 4.98 Å². The van der Waals surface area contributed by atoms with Crippen LogP contribution in [0, 0.1) is 23.2 Å². The molecule has 8 nitrogen and oxygen atoms in total.